The van der Waals surface area contributed by atoms with E-state index in [1.807, 2.05) is 25.3 Å². The molecule has 0 aromatic carbocycles. The lowest BCUT2D eigenvalue weighted by Gasteiger charge is -2.34. The predicted molar refractivity (Wildman–Crippen MR) is 140 cm³/mol. The van der Waals surface area contributed by atoms with Crippen LogP contribution in [0.15, 0.2) is 17.2 Å². The van der Waals surface area contributed by atoms with E-state index < -0.39 is 35.6 Å². The van der Waals surface area contributed by atoms with Crippen LogP contribution in [0.1, 0.15) is 79.3 Å². The van der Waals surface area contributed by atoms with Crippen molar-refractivity contribution in [1.82, 2.24) is 14.8 Å². The standard InChI is InChI=1S/C27H39N3O6S/c1-15-8-7-9-27(6)21(36-27)11-19(16(2)10-18-14-37-22-13-28-29-30(18)22)35-23(32)12-20(31)26(4,5)25(34)17(3)24(15)33/h10,13-15,17,19-21,24,31,33H,7-9,11-12H2,1-6H3/b16-10+/t15-,17+,19-,20-,21-,24-,27+/m0/s1. The maximum Gasteiger partial charge on any atom is 0.309 e. The molecular weight excluding hydrogens is 494 g/mol. The summed E-state index contributed by atoms with van der Waals surface area (Å²) in [6.45, 7) is 10.9. The van der Waals surface area contributed by atoms with Crippen molar-refractivity contribution >= 4 is 34.0 Å². The van der Waals surface area contributed by atoms with Gasteiger partial charge in [-0.2, -0.15) is 0 Å². The Morgan fingerprint density at radius 3 is 2.70 bits per heavy atom. The summed E-state index contributed by atoms with van der Waals surface area (Å²) < 4.78 is 13.7. The third-order valence-corrected chi connectivity index (χ3v) is 9.23. The van der Waals surface area contributed by atoms with E-state index in [-0.39, 0.29) is 29.8 Å². The topological polar surface area (TPSA) is 127 Å². The third-order valence-electron chi connectivity index (χ3n) is 8.35. The Hall–Kier alpha value is -2.14. The van der Waals surface area contributed by atoms with Gasteiger partial charge in [-0.3, -0.25) is 9.59 Å². The Labute approximate surface area is 221 Å². The van der Waals surface area contributed by atoms with Crippen LogP contribution in [0.25, 0.3) is 10.9 Å². The minimum atomic E-state index is -1.25. The van der Waals surface area contributed by atoms with Crippen molar-refractivity contribution in [2.24, 2.45) is 17.3 Å². The number of esters is 1. The van der Waals surface area contributed by atoms with E-state index in [0.29, 0.717) is 6.42 Å². The quantitative estimate of drug-likeness (QED) is 0.441. The second-order valence-corrected chi connectivity index (χ2v) is 12.5. The number of aliphatic hydroxyl groups is 2. The van der Waals surface area contributed by atoms with Crippen LogP contribution in [-0.4, -0.2) is 66.8 Å². The highest BCUT2D eigenvalue weighted by molar-refractivity contribution is 7.15. The average Bonchev–Trinajstić information content (AvgIpc) is 3.16. The molecule has 2 fully saturated rings. The maximum absolute atomic E-state index is 13.3. The molecule has 10 heteroatoms. The van der Waals surface area contributed by atoms with Gasteiger partial charge in [0.1, 0.15) is 16.7 Å². The van der Waals surface area contributed by atoms with Crippen LogP contribution in [0.3, 0.4) is 0 Å². The highest BCUT2D eigenvalue weighted by atomic mass is 32.1. The van der Waals surface area contributed by atoms with Crippen LogP contribution in [-0.2, 0) is 19.1 Å². The first-order valence-electron chi connectivity index (χ1n) is 13.1. The first kappa shape index (κ1) is 27.9. The Kier molecular flexibility index (Phi) is 7.95. The zero-order valence-corrected chi connectivity index (χ0v) is 23.3. The number of fused-ring (bicyclic) bond motifs is 2. The number of aromatic nitrogens is 3. The Morgan fingerprint density at radius 1 is 1.24 bits per heavy atom. The van der Waals surface area contributed by atoms with Crippen LogP contribution in [0.4, 0.5) is 0 Å². The van der Waals surface area contributed by atoms with Crippen molar-refractivity contribution in [1.29, 1.82) is 0 Å². The molecule has 4 heterocycles. The van der Waals surface area contributed by atoms with Crippen LogP contribution in [0.5, 0.6) is 0 Å². The number of nitrogens with zero attached hydrogens (tertiary/aromatic N) is 3. The number of carbonyl (C=O) groups is 2. The molecule has 0 radical (unpaired) electrons. The molecule has 0 saturated carbocycles. The zero-order valence-electron chi connectivity index (χ0n) is 22.5. The van der Waals surface area contributed by atoms with Gasteiger partial charge in [0.25, 0.3) is 0 Å². The number of rotatable bonds is 2. The first-order valence-corrected chi connectivity index (χ1v) is 14.0. The van der Waals surface area contributed by atoms with E-state index in [1.54, 1.807) is 31.5 Å². The third kappa shape index (κ3) is 5.82. The van der Waals surface area contributed by atoms with E-state index in [2.05, 4.69) is 17.2 Å². The highest BCUT2D eigenvalue weighted by Crippen LogP contribution is 2.45. The van der Waals surface area contributed by atoms with Gasteiger partial charge < -0.3 is 19.7 Å². The van der Waals surface area contributed by atoms with Crippen LogP contribution >= 0.6 is 11.3 Å². The molecule has 2 aromatic rings. The molecule has 2 saturated heterocycles. The number of aliphatic hydroxyl groups excluding tert-OH is 2. The van der Waals surface area contributed by atoms with Crippen LogP contribution < -0.4 is 0 Å². The summed E-state index contributed by atoms with van der Waals surface area (Å²) in [4.78, 5) is 27.2. The fourth-order valence-corrected chi connectivity index (χ4v) is 6.13. The average molecular weight is 534 g/mol. The summed E-state index contributed by atoms with van der Waals surface area (Å²) in [5, 5.41) is 31.8. The summed E-state index contributed by atoms with van der Waals surface area (Å²) in [6, 6.07) is 0. The van der Waals surface area contributed by atoms with Gasteiger partial charge in [0.2, 0.25) is 0 Å². The van der Waals surface area contributed by atoms with E-state index >= 15 is 0 Å². The molecular formula is C27H39N3O6S. The van der Waals surface area contributed by atoms with Crippen molar-refractivity contribution in [2.75, 3.05) is 0 Å². The predicted octanol–water partition coefficient (Wildman–Crippen LogP) is 3.82. The maximum atomic E-state index is 13.3. The van der Waals surface area contributed by atoms with Crippen molar-refractivity contribution in [3.8, 4) is 0 Å². The fraction of sp³-hybridized carbons (Fsp3) is 0.704. The van der Waals surface area contributed by atoms with Gasteiger partial charge in [0.15, 0.2) is 0 Å². The van der Waals surface area contributed by atoms with Crippen LogP contribution in [0, 0.1) is 17.3 Å². The van der Waals surface area contributed by atoms with Gasteiger partial charge in [0, 0.05) is 17.7 Å². The first-order chi connectivity index (χ1) is 17.3. The number of cyclic esters (lactones) is 1. The Bertz CT molecular complexity index is 1170. The summed E-state index contributed by atoms with van der Waals surface area (Å²) >= 11 is 1.52. The van der Waals surface area contributed by atoms with Crippen molar-refractivity contribution in [2.45, 2.75) is 104 Å². The van der Waals surface area contributed by atoms with Crippen LogP contribution in [0.2, 0.25) is 0 Å². The minimum absolute atomic E-state index is 0.0717. The highest BCUT2D eigenvalue weighted by Gasteiger charge is 2.53. The largest absolute Gasteiger partial charge is 0.458 e. The van der Waals surface area contributed by atoms with Gasteiger partial charge in [-0.25, -0.2) is 4.52 Å². The number of hydrogen-bond acceptors (Lipinski definition) is 9. The van der Waals surface area contributed by atoms with Crippen molar-refractivity contribution in [3.05, 3.63) is 22.8 Å². The van der Waals surface area contributed by atoms with Crippen molar-refractivity contribution < 1.29 is 29.3 Å². The SMILES string of the molecule is C/C(=C\c1csc2cnnn12)[C@@H]1C[C@@H]2O[C@]2(C)CCC[C@H](C)[C@H](O)[C@@H](C)C(=O)C(C)(C)[C@@H](O)CC(=O)O1. The molecule has 9 nitrogen and oxygen atoms in total. The molecule has 0 aliphatic carbocycles. The van der Waals surface area contributed by atoms with Gasteiger partial charge in [0.05, 0.1) is 47.6 Å². The van der Waals surface area contributed by atoms with E-state index in [0.717, 1.165) is 35.4 Å². The lowest BCUT2D eigenvalue weighted by molar-refractivity contribution is -0.154. The number of carbonyl (C=O) groups excluding carboxylic acids is 2. The summed E-state index contributed by atoms with van der Waals surface area (Å²) in [7, 11) is 0. The molecule has 2 aliphatic rings. The normalized spacial score (nSPS) is 36.3. The molecule has 0 spiro atoms. The lowest BCUT2D eigenvalue weighted by Crippen LogP contribution is -2.45. The molecule has 2 N–H and O–H groups in total. The zero-order chi connectivity index (χ0) is 27.1. The Morgan fingerprint density at radius 2 is 1.97 bits per heavy atom. The Balaban J connectivity index is 1.59. The molecule has 2 aliphatic heterocycles. The molecule has 0 unspecified atom stereocenters. The number of epoxide rings is 1. The molecule has 2 aromatic heterocycles. The van der Waals surface area contributed by atoms with Gasteiger partial charge in [-0.15, -0.1) is 16.4 Å². The van der Waals surface area contributed by atoms with Gasteiger partial charge in [-0.05, 0) is 44.3 Å². The van der Waals surface area contributed by atoms with E-state index in [4.69, 9.17) is 9.47 Å². The van der Waals surface area contributed by atoms with Gasteiger partial charge in [-0.1, -0.05) is 39.3 Å². The fourth-order valence-electron chi connectivity index (χ4n) is 5.37. The van der Waals surface area contributed by atoms with Crippen molar-refractivity contribution in [3.63, 3.8) is 0 Å². The number of ether oxygens (including phenoxy) is 2. The second-order valence-electron chi connectivity index (χ2n) is 11.6. The molecule has 37 heavy (non-hydrogen) atoms. The minimum Gasteiger partial charge on any atom is -0.458 e. The summed E-state index contributed by atoms with van der Waals surface area (Å²) in [5.41, 5.74) is 0.130. The molecule has 204 valence electrons. The smallest absolute Gasteiger partial charge is 0.309 e. The number of Topliss-reactive ketones (excluding diaryl/α,β-unsaturated/α-hetero) is 1. The monoisotopic (exact) mass is 533 g/mol. The number of thiazole rings is 1. The lowest BCUT2D eigenvalue weighted by atomic mass is 9.73. The van der Waals surface area contributed by atoms with E-state index in [1.165, 1.54) is 11.3 Å². The molecule has 0 bridgehead atoms. The molecule has 7 atom stereocenters. The van der Waals surface area contributed by atoms with Gasteiger partial charge >= 0.3 is 5.97 Å². The number of ketones is 1. The second kappa shape index (κ2) is 10.6. The molecule has 4 rings (SSSR count). The van der Waals surface area contributed by atoms with E-state index in [9.17, 15) is 19.8 Å². The number of hydrogen-bond donors (Lipinski definition) is 2. The molecule has 0 amide bonds. The summed E-state index contributed by atoms with van der Waals surface area (Å²) in [6.07, 6.45) is 3.51. The summed E-state index contributed by atoms with van der Waals surface area (Å²) in [5.74, 6) is -1.60.